The zero-order valence-electron chi connectivity index (χ0n) is 11.6. The minimum Gasteiger partial charge on any atom is -0.409 e. The maximum absolute atomic E-state index is 12.4. The molecule has 0 radical (unpaired) electrons. The predicted molar refractivity (Wildman–Crippen MR) is 80.2 cm³/mol. The Labute approximate surface area is 121 Å². The van der Waals surface area contributed by atoms with Gasteiger partial charge in [0.1, 0.15) is 5.41 Å². The molecule has 0 spiro atoms. The summed E-state index contributed by atoms with van der Waals surface area (Å²) in [6.07, 6.45) is 1.18. The molecule has 1 aliphatic carbocycles. The number of para-hydroxylation sites is 1. The first-order valence-corrected chi connectivity index (χ1v) is 6.73. The van der Waals surface area contributed by atoms with Crippen LogP contribution in [-0.4, -0.2) is 21.9 Å². The van der Waals surface area contributed by atoms with Crippen LogP contribution in [0.15, 0.2) is 35.5 Å². The maximum atomic E-state index is 12.4. The monoisotopic (exact) mass is 284 g/mol. The number of amidine groups is 1. The standard InChI is InChI=1S/C15H16N4O2/c1-9-5-6-10-3-2-4-11(12(10)17-9)18-14(20)15(7-8-15)13(16)19-21/h2-6,21H,7-8H2,1H3,(H2,16,19)(H,18,20). The first-order valence-electron chi connectivity index (χ1n) is 6.73. The SMILES string of the molecule is Cc1ccc2cccc(NC(=O)C3(/C(N)=N/O)CC3)c2n1. The zero-order valence-corrected chi connectivity index (χ0v) is 11.6. The minimum absolute atomic E-state index is 0.0376. The number of nitrogens with zero attached hydrogens (tertiary/aromatic N) is 2. The van der Waals surface area contributed by atoms with Crippen molar-refractivity contribution in [2.75, 3.05) is 5.32 Å². The third-order valence-corrected chi connectivity index (χ3v) is 3.89. The summed E-state index contributed by atoms with van der Waals surface area (Å²) in [5.41, 5.74) is 7.00. The predicted octanol–water partition coefficient (Wildman–Crippen LogP) is 2.01. The van der Waals surface area contributed by atoms with Gasteiger partial charge in [-0.2, -0.15) is 0 Å². The van der Waals surface area contributed by atoms with Gasteiger partial charge in [0, 0.05) is 11.1 Å². The zero-order chi connectivity index (χ0) is 15.0. The average molecular weight is 284 g/mol. The first kappa shape index (κ1) is 13.4. The number of hydrogen-bond acceptors (Lipinski definition) is 4. The Kier molecular flexibility index (Phi) is 3.01. The first-order chi connectivity index (χ1) is 10.1. The van der Waals surface area contributed by atoms with Crippen LogP contribution in [0.3, 0.4) is 0 Å². The molecule has 1 saturated carbocycles. The maximum Gasteiger partial charge on any atom is 0.238 e. The van der Waals surface area contributed by atoms with E-state index in [1.807, 2.05) is 31.2 Å². The molecule has 108 valence electrons. The highest BCUT2D eigenvalue weighted by molar-refractivity contribution is 6.15. The molecule has 3 rings (SSSR count). The number of carbonyl (C=O) groups excluding carboxylic acids is 1. The van der Waals surface area contributed by atoms with E-state index in [0.717, 1.165) is 16.6 Å². The third kappa shape index (κ3) is 2.18. The van der Waals surface area contributed by atoms with Gasteiger partial charge in [0.15, 0.2) is 5.84 Å². The van der Waals surface area contributed by atoms with Gasteiger partial charge in [-0.15, -0.1) is 0 Å². The number of nitrogens with one attached hydrogen (secondary N) is 1. The largest absolute Gasteiger partial charge is 0.409 e. The van der Waals surface area contributed by atoms with Gasteiger partial charge >= 0.3 is 0 Å². The van der Waals surface area contributed by atoms with Gasteiger partial charge in [-0.05, 0) is 31.9 Å². The second-order valence-corrected chi connectivity index (χ2v) is 5.35. The number of carbonyl (C=O) groups is 1. The van der Waals surface area contributed by atoms with Crippen LogP contribution < -0.4 is 11.1 Å². The lowest BCUT2D eigenvalue weighted by Crippen LogP contribution is -2.36. The number of aromatic nitrogens is 1. The number of hydrogen-bond donors (Lipinski definition) is 3. The molecule has 0 unspecified atom stereocenters. The summed E-state index contributed by atoms with van der Waals surface area (Å²) >= 11 is 0. The molecular formula is C15H16N4O2. The lowest BCUT2D eigenvalue weighted by molar-refractivity contribution is -0.119. The van der Waals surface area contributed by atoms with Gasteiger partial charge in [-0.1, -0.05) is 23.4 Å². The summed E-state index contributed by atoms with van der Waals surface area (Å²) < 4.78 is 0. The van der Waals surface area contributed by atoms with Gasteiger partial charge in [0.25, 0.3) is 0 Å². The van der Waals surface area contributed by atoms with E-state index in [1.165, 1.54) is 0 Å². The highest BCUT2D eigenvalue weighted by Gasteiger charge is 2.54. The van der Waals surface area contributed by atoms with E-state index in [9.17, 15) is 4.79 Å². The molecule has 0 atom stereocenters. The lowest BCUT2D eigenvalue weighted by Gasteiger charge is -2.14. The van der Waals surface area contributed by atoms with Crippen LogP contribution >= 0.6 is 0 Å². The van der Waals surface area contributed by atoms with E-state index in [4.69, 9.17) is 10.9 Å². The fourth-order valence-electron chi connectivity index (χ4n) is 2.41. The molecule has 21 heavy (non-hydrogen) atoms. The van der Waals surface area contributed by atoms with Gasteiger partial charge in [-0.25, -0.2) is 0 Å². The molecule has 4 N–H and O–H groups in total. The van der Waals surface area contributed by atoms with Crippen molar-refractivity contribution in [3.8, 4) is 0 Å². The summed E-state index contributed by atoms with van der Waals surface area (Å²) in [7, 11) is 0. The van der Waals surface area contributed by atoms with Crippen molar-refractivity contribution in [2.24, 2.45) is 16.3 Å². The lowest BCUT2D eigenvalue weighted by atomic mass is 10.0. The number of benzene rings is 1. The van der Waals surface area contributed by atoms with E-state index >= 15 is 0 Å². The Bertz CT molecular complexity index is 750. The normalized spacial score (nSPS) is 16.7. The number of oxime groups is 1. The quantitative estimate of drug-likeness (QED) is 0.347. The summed E-state index contributed by atoms with van der Waals surface area (Å²) in [5.74, 6) is -0.294. The molecule has 1 fully saturated rings. The summed E-state index contributed by atoms with van der Waals surface area (Å²) in [6.45, 7) is 1.90. The van der Waals surface area contributed by atoms with E-state index in [-0.39, 0.29) is 11.7 Å². The molecule has 0 aliphatic heterocycles. The topological polar surface area (TPSA) is 101 Å². The number of fused-ring (bicyclic) bond motifs is 1. The fourth-order valence-corrected chi connectivity index (χ4v) is 2.41. The van der Waals surface area contributed by atoms with Gasteiger partial charge in [0.05, 0.1) is 11.2 Å². The van der Waals surface area contributed by atoms with Crippen molar-refractivity contribution in [2.45, 2.75) is 19.8 Å². The molecular weight excluding hydrogens is 268 g/mol. The number of rotatable bonds is 3. The van der Waals surface area contributed by atoms with Crippen molar-refractivity contribution in [1.29, 1.82) is 0 Å². The number of pyridine rings is 1. The third-order valence-electron chi connectivity index (χ3n) is 3.89. The van der Waals surface area contributed by atoms with Crippen molar-refractivity contribution < 1.29 is 10.0 Å². The van der Waals surface area contributed by atoms with Crippen molar-refractivity contribution in [1.82, 2.24) is 4.98 Å². The Balaban J connectivity index is 1.96. The second kappa shape index (κ2) is 4.73. The van der Waals surface area contributed by atoms with E-state index in [1.54, 1.807) is 6.07 Å². The Morgan fingerprint density at radius 2 is 2.14 bits per heavy atom. The molecule has 1 aromatic carbocycles. The van der Waals surface area contributed by atoms with Crippen LogP contribution in [0.1, 0.15) is 18.5 Å². The summed E-state index contributed by atoms with van der Waals surface area (Å²) in [4.78, 5) is 16.9. The number of amides is 1. The molecule has 2 aromatic rings. The molecule has 6 nitrogen and oxygen atoms in total. The highest BCUT2D eigenvalue weighted by Crippen LogP contribution is 2.46. The smallest absolute Gasteiger partial charge is 0.238 e. The molecule has 1 heterocycles. The molecule has 1 amide bonds. The average Bonchev–Trinajstić information content (AvgIpc) is 3.29. The Morgan fingerprint density at radius 1 is 1.38 bits per heavy atom. The van der Waals surface area contributed by atoms with E-state index in [2.05, 4.69) is 15.5 Å². The van der Waals surface area contributed by atoms with Crippen molar-refractivity contribution in [3.05, 3.63) is 36.0 Å². The molecule has 0 bridgehead atoms. The van der Waals surface area contributed by atoms with Crippen LogP contribution in [0.2, 0.25) is 0 Å². The number of nitrogens with two attached hydrogens (primary N) is 1. The highest BCUT2D eigenvalue weighted by atomic mass is 16.4. The van der Waals surface area contributed by atoms with E-state index < -0.39 is 5.41 Å². The number of anilines is 1. The van der Waals surface area contributed by atoms with Crippen LogP contribution in [0.4, 0.5) is 5.69 Å². The Morgan fingerprint density at radius 3 is 2.81 bits per heavy atom. The van der Waals surface area contributed by atoms with Crippen LogP contribution in [0.25, 0.3) is 10.9 Å². The van der Waals surface area contributed by atoms with Gasteiger partial charge in [0.2, 0.25) is 5.91 Å². The van der Waals surface area contributed by atoms with Gasteiger partial charge < -0.3 is 16.3 Å². The van der Waals surface area contributed by atoms with Crippen molar-refractivity contribution in [3.63, 3.8) is 0 Å². The second-order valence-electron chi connectivity index (χ2n) is 5.35. The van der Waals surface area contributed by atoms with Crippen LogP contribution in [0.5, 0.6) is 0 Å². The van der Waals surface area contributed by atoms with Crippen molar-refractivity contribution >= 4 is 28.3 Å². The number of aryl methyl sites for hydroxylation is 1. The summed E-state index contributed by atoms with van der Waals surface area (Å²) in [6, 6.07) is 9.48. The molecule has 6 heteroatoms. The van der Waals surface area contributed by atoms with Crippen LogP contribution in [0, 0.1) is 12.3 Å². The molecule has 1 aromatic heterocycles. The molecule has 1 aliphatic rings. The minimum atomic E-state index is -0.874. The summed E-state index contributed by atoms with van der Waals surface area (Å²) in [5, 5.41) is 15.6. The fraction of sp³-hybridized carbons (Fsp3) is 0.267. The molecule has 0 saturated heterocycles. The van der Waals surface area contributed by atoms with Gasteiger partial charge in [-0.3, -0.25) is 9.78 Å². The van der Waals surface area contributed by atoms with E-state index in [0.29, 0.717) is 18.5 Å². The Hall–Kier alpha value is -2.63. The van der Waals surface area contributed by atoms with Crippen LogP contribution in [-0.2, 0) is 4.79 Å².